The second-order valence-corrected chi connectivity index (χ2v) is 8.94. The molecule has 0 saturated carbocycles. The third kappa shape index (κ3) is 7.85. The number of carboxylic acids is 1. The van der Waals surface area contributed by atoms with Gasteiger partial charge in [0.05, 0.1) is 24.0 Å². The van der Waals surface area contributed by atoms with Crippen molar-refractivity contribution < 1.29 is 23.1 Å². The Kier molecular flexibility index (Phi) is 8.73. The number of aromatic nitrogens is 2. The number of hydrogen-bond donors (Lipinski definition) is 3. The van der Waals surface area contributed by atoms with Crippen LogP contribution in [0.15, 0.2) is 78.1 Å². The molecule has 0 saturated heterocycles. The summed E-state index contributed by atoms with van der Waals surface area (Å²) in [6.45, 7) is 1.18. The zero-order valence-corrected chi connectivity index (χ0v) is 18.7. The number of nitrogens with one attached hydrogen (secondary N) is 2. The van der Waals surface area contributed by atoms with Crippen molar-refractivity contribution in [3.63, 3.8) is 0 Å². The van der Waals surface area contributed by atoms with E-state index in [0.717, 1.165) is 25.2 Å². The Balaban J connectivity index is 1.55. The molecule has 1 atom stereocenters. The fraction of sp³-hybridized carbons (Fsp3) is 0.261. The van der Waals surface area contributed by atoms with Gasteiger partial charge in [-0.2, -0.15) is 0 Å². The predicted octanol–water partition coefficient (Wildman–Crippen LogP) is 3.24. The van der Waals surface area contributed by atoms with Crippen LogP contribution in [0.3, 0.4) is 0 Å². The lowest BCUT2D eigenvalue weighted by atomic mass is 10.1. The molecule has 3 rings (SSSR count). The van der Waals surface area contributed by atoms with Gasteiger partial charge in [-0.1, -0.05) is 18.2 Å². The number of rotatable bonds is 13. The van der Waals surface area contributed by atoms with Crippen molar-refractivity contribution in [3.05, 3.63) is 78.8 Å². The molecule has 9 nitrogen and oxygen atoms in total. The third-order valence-corrected chi connectivity index (χ3v) is 6.16. The SMILES string of the molecule is O=C(O)CC(NS(=O)(=O)c1cccc(OCCCCNc2ccccn2)c1)c1cccnc1. The van der Waals surface area contributed by atoms with Crippen LogP contribution in [-0.4, -0.2) is 42.6 Å². The monoisotopic (exact) mass is 470 g/mol. The van der Waals surface area contributed by atoms with E-state index in [4.69, 9.17) is 4.74 Å². The smallest absolute Gasteiger partial charge is 0.305 e. The first-order valence-corrected chi connectivity index (χ1v) is 11.9. The Morgan fingerprint density at radius 3 is 2.67 bits per heavy atom. The van der Waals surface area contributed by atoms with E-state index in [2.05, 4.69) is 20.0 Å². The third-order valence-electron chi connectivity index (χ3n) is 4.69. The number of benzene rings is 1. The maximum Gasteiger partial charge on any atom is 0.305 e. The van der Waals surface area contributed by atoms with E-state index in [-0.39, 0.29) is 4.90 Å². The zero-order chi connectivity index (χ0) is 23.5. The minimum Gasteiger partial charge on any atom is -0.494 e. The van der Waals surface area contributed by atoms with Gasteiger partial charge in [-0.05, 0) is 48.7 Å². The molecular formula is C23H26N4O5S. The number of aliphatic carboxylic acids is 1. The molecule has 0 fully saturated rings. The summed E-state index contributed by atoms with van der Waals surface area (Å²) in [6, 6.07) is 14.1. The van der Waals surface area contributed by atoms with Gasteiger partial charge < -0.3 is 15.2 Å². The highest BCUT2D eigenvalue weighted by Gasteiger charge is 2.24. The summed E-state index contributed by atoms with van der Waals surface area (Å²) in [7, 11) is -3.98. The Morgan fingerprint density at radius 2 is 1.94 bits per heavy atom. The van der Waals surface area contributed by atoms with Gasteiger partial charge in [0.15, 0.2) is 0 Å². The Hall–Kier alpha value is -3.50. The van der Waals surface area contributed by atoms with Crippen molar-refractivity contribution in [3.8, 4) is 5.75 Å². The molecule has 0 aliphatic rings. The molecule has 1 aromatic carbocycles. The highest BCUT2D eigenvalue weighted by Crippen LogP contribution is 2.22. The number of nitrogens with zero attached hydrogens (tertiary/aromatic N) is 2. The second kappa shape index (κ2) is 11.9. The van der Waals surface area contributed by atoms with Crippen molar-refractivity contribution in [2.24, 2.45) is 0 Å². The van der Waals surface area contributed by atoms with Gasteiger partial charge in [-0.15, -0.1) is 0 Å². The molecule has 0 amide bonds. The minimum absolute atomic E-state index is 0.00361. The van der Waals surface area contributed by atoms with Crippen LogP contribution in [0.25, 0.3) is 0 Å². The van der Waals surface area contributed by atoms with Crippen LogP contribution >= 0.6 is 0 Å². The lowest BCUT2D eigenvalue weighted by Crippen LogP contribution is -2.30. The molecule has 0 aliphatic heterocycles. The Labute approximate surface area is 192 Å². The van der Waals surface area contributed by atoms with E-state index in [0.29, 0.717) is 17.9 Å². The normalized spacial score (nSPS) is 12.1. The molecule has 0 aliphatic carbocycles. The van der Waals surface area contributed by atoms with E-state index in [1.165, 1.54) is 24.5 Å². The number of ether oxygens (including phenoxy) is 1. The molecule has 3 N–H and O–H groups in total. The van der Waals surface area contributed by atoms with Crippen LogP contribution in [0.1, 0.15) is 30.9 Å². The van der Waals surface area contributed by atoms with Crippen LogP contribution in [0.4, 0.5) is 5.82 Å². The van der Waals surface area contributed by atoms with Gasteiger partial charge in [-0.3, -0.25) is 9.78 Å². The molecule has 2 aromatic heterocycles. The van der Waals surface area contributed by atoms with Gasteiger partial charge in [0.2, 0.25) is 10.0 Å². The number of anilines is 1. The van der Waals surface area contributed by atoms with E-state index in [1.54, 1.807) is 30.5 Å². The highest BCUT2D eigenvalue weighted by molar-refractivity contribution is 7.89. The predicted molar refractivity (Wildman–Crippen MR) is 123 cm³/mol. The van der Waals surface area contributed by atoms with Crippen LogP contribution in [0, 0.1) is 0 Å². The number of hydrogen-bond acceptors (Lipinski definition) is 7. The van der Waals surface area contributed by atoms with E-state index in [9.17, 15) is 18.3 Å². The molecule has 2 heterocycles. The van der Waals surface area contributed by atoms with Crippen LogP contribution in [0.5, 0.6) is 5.75 Å². The number of carbonyl (C=O) groups is 1. The first-order chi connectivity index (χ1) is 15.9. The zero-order valence-electron chi connectivity index (χ0n) is 17.9. The maximum absolute atomic E-state index is 12.9. The Morgan fingerprint density at radius 1 is 1.06 bits per heavy atom. The average Bonchev–Trinajstić information content (AvgIpc) is 2.82. The van der Waals surface area contributed by atoms with Gasteiger partial charge in [0.25, 0.3) is 0 Å². The van der Waals surface area contributed by atoms with Gasteiger partial charge in [-0.25, -0.2) is 18.1 Å². The number of carboxylic acid groups (broad SMARTS) is 1. The quantitative estimate of drug-likeness (QED) is 0.325. The average molecular weight is 471 g/mol. The number of pyridine rings is 2. The van der Waals surface area contributed by atoms with Crippen LogP contribution < -0.4 is 14.8 Å². The van der Waals surface area contributed by atoms with E-state index >= 15 is 0 Å². The largest absolute Gasteiger partial charge is 0.494 e. The second-order valence-electron chi connectivity index (χ2n) is 7.23. The summed E-state index contributed by atoms with van der Waals surface area (Å²) in [4.78, 5) is 19.4. The van der Waals surface area contributed by atoms with Gasteiger partial charge in [0, 0.05) is 31.2 Å². The lowest BCUT2D eigenvalue weighted by molar-refractivity contribution is -0.137. The van der Waals surface area contributed by atoms with Crippen molar-refractivity contribution in [1.29, 1.82) is 0 Å². The number of unbranched alkanes of at least 4 members (excludes halogenated alkanes) is 1. The summed E-state index contributed by atoms with van der Waals surface area (Å²) >= 11 is 0. The van der Waals surface area contributed by atoms with Gasteiger partial charge >= 0.3 is 5.97 Å². The highest BCUT2D eigenvalue weighted by atomic mass is 32.2. The van der Waals surface area contributed by atoms with E-state index in [1.807, 2.05) is 18.2 Å². The van der Waals surface area contributed by atoms with Crippen molar-refractivity contribution >= 4 is 21.8 Å². The summed E-state index contributed by atoms with van der Waals surface area (Å²) in [5, 5.41) is 12.4. The van der Waals surface area contributed by atoms with Crippen LogP contribution in [-0.2, 0) is 14.8 Å². The summed E-state index contributed by atoms with van der Waals surface area (Å²) < 4.78 is 34.0. The summed E-state index contributed by atoms with van der Waals surface area (Å²) in [5.41, 5.74) is 0.468. The Bertz CT molecular complexity index is 1130. The first-order valence-electron chi connectivity index (χ1n) is 10.5. The first kappa shape index (κ1) is 24.1. The lowest BCUT2D eigenvalue weighted by Gasteiger charge is -2.17. The molecule has 33 heavy (non-hydrogen) atoms. The summed E-state index contributed by atoms with van der Waals surface area (Å²) in [5.74, 6) is 0.115. The molecule has 0 radical (unpaired) electrons. The molecule has 0 bridgehead atoms. The maximum atomic E-state index is 12.9. The van der Waals surface area contributed by atoms with Crippen LogP contribution in [0.2, 0.25) is 0 Å². The molecule has 0 spiro atoms. The molecule has 1 unspecified atom stereocenters. The number of sulfonamides is 1. The van der Waals surface area contributed by atoms with Crippen molar-refractivity contribution in [1.82, 2.24) is 14.7 Å². The standard InChI is InChI=1S/C23H26N4O5S/c28-23(29)16-21(18-7-6-11-24-17-18)27-33(30,31)20-9-5-8-19(15-20)32-14-4-3-13-26-22-10-1-2-12-25-22/h1-2,5-12,15,17,21,27H,3-4,13-14,16H2,(H,25,26)(H,28,29). The fourth-order valence-electron chi connectivity index (χ4n) is 3.07. The van der Waals surface area contributed by atoms with Gasteiger partial charge in [0.1, 0.15) is 11.6 Å². The fourth-order valence-corrected chi connectivity index (χ4v) is 4.33. The molecule has 3 aromatic rings. The topological polar surface area (TPSA) is 131 Å². The van der Waals surface area contributed by atoms with Crippen molar-refractivity contribution in [2.75, 3.05) is 18.5 Å². The molecule has 174 valence electrons. The van der Waals surface area contributed by atoms with Crippen molar-refractivity contribution in [2.45, 2.75) is 30.2 Å². The minimum atomic E-state index is -3.98. The molecule has 10 heteroatoms. The van der Waals surface area contributed by atoms with E-state index < -0.39 is 28.5 Å². The summed E-state index contributed by atoms with van der Waals surface area (Å²) in [6.07, 6.45) is 5.92. The molecular weight excluding hydrogens is 444 g/mol.